The number of rotatable bonds is 6. The zero-order valence-corrected chi connectivity index (χ0v) is 11.9. The molecule has 0 radical (unpaired) electrons. The van der Waals surface area contributed by atoms with E-state index in [2.05, 4.69) is 10.0 Å². The zero-order valence-electron chi connectivity index (χ0n) is 11.1. The fourth-order valence-electron chi connectivity index (χ4n) is 1.57. The maximum absolute atomic E-state index is 12.0. The molecule has 4 N–H and O–H groups in total. The Balaban J connectivity index is 2.77. The first-order valence-electron chi connectivity index (χ1n) is 5.99. The molecule has 0 saturated heterocycles. The van der Waals surface area contributed by atoms with Crippen LogP contribution in [0.15, 0.2) is 23.1 Å². The Kier molecular flexibility index (Phi) is 5.31. The van der Waals surface area contributed by atoms with E-state index in [9.17, 15) is 13.2 Å². The molecule has 0 heterocycles. The summed E-state index contributed by atoms with van der Waals surface area (Å²) in [4.78, 5) is 11.1. The first-order valence-corrected chi connectivity index (χ1v) is 7.47. The first-order chi connectivity index (χ1) is 8.90. The van der Waals surface area contributed by atoms with E-state index in [-0.39, 0.29) is 23.8 Å². The average Bonchev–Trinajstić information content (AvgIpc) is 2.38. The summed E-state index contributed by atoms with van der Waals surface area (Å²) in [7, 11) is -2.12. The van der Waals surface area contributed by atoms with E-state index in [1.807, 2.05) is 6.92 Å². The predicted octanol–water partition coefficient (Wildman–Crippen LogP) is 0.246. The smallest absolute Gasteiger partial charge is 0.240 e. The molecule has 1 aromatic carbocycles. The van der Waals surface area contributed by atoms with Crippen LogP contribution in [0.4, 0.5) is 5.69 Å². The van der Waals surface area contributed by atoms with Gasteiger partial charge in [-0.05, 0) is 24.1 Å². The second kappa shape index (κ2) is 6.53. The Morgan fingerprint density at radius 3 is 2.58 bits per heavy atom. The van der Waals surface area contributed by atoms with Crippen molar-refractivity contribution in [2.24, 2.45) is 0 Å². The number of amides is 1. The van der Waals surface area contributed by atoms with Gasteiger partial charge in [0.25, 0.3) is 0 Å². The molecule has 1 aromatic rings. The number of carbonyl (C=O) groups is 1. The van der Waals surface area contributed by atoms with E-state index in [0.29, 0.717) is 5.69 Å². The van der Waals surface area contributed by atoms with Crippen LogP contribution >= 0.6 is 0 Å². The quantitative estimate of drug-likeness (QED) is 0.652. The van der Waals surface area contributed by atoms with E-state index in [1.54, 1.807) is 6.07 Å². The molecule has 0 aliphatic carbocycles. The highest BCUT2D eigenvalue weighted by Crippen LogP contribution is 2.18. The van der Waals surface area contributed by atoms with Gasteiger partial charge in [-0.2, -0.15) is 0 Å². The Hall–Kier alpha value is -1.60. The molecule has 19 heavy (non-hydrogen) atoms. The van der Waals surface area contributed by atoms with E-state index < -0.39 is 10.0 Å². The first kappa shape index (κ1) is 15.5. The Morgan fingerprint density at radius 2 is 2.05 bits per heavy atom. The van der Waals surface area contributed by atoms with Crippen LogP contribution in [-0.4, -0.2) is 27.9 Å². The van der Waals surface area contributed by atoms with Crippen molar-refractivity contribution in [3.05, 3.63) is 23.8 Å². The Labute approximate surface area is 113 Å². The Morgan fingerprint density at radius 1 is 1.37 bits per heavy atom. The van der Waals surface area contributed by atoms with Crippen LogP contribution < -0.4 is 15.8 Å². The van der Waals surface area contributed by atoms with Crippen LogP contribution in [0.2, 0.25) is 0 Å². The molecule has 7 heteroatoms. The lowest BCUT2D eigenvalue weighted by Crippen LogP contribution is -2.29. The van der Waals surface area contributed by atoms with Crippen LogP contribution in [0.3, 0.4) is 0 Å². The summed E-state index contributed by atoms with van der Waals surface area (Å²) in [5, 5.41) is 2.42. The summed E-state index contributed by atoms with van der Waals surface area (Å²) in [6.07, 6.45) is 0.842. The summed E-state index contributed by atoms with van der Waals surface area (Å²) in [5.41, 5.74) is 7.13. The molecule has 1 amide bonds. The third-order valence-corrected chi connectivity index (χ3v) is 4.19. The number of nitrogens with one attached hydrogen (secondary N) is 2. The molecule has 0 fully saturated rings. The normalized spacial score (nSPS) is 11.3. The number of carbonyl (C=O) groups excluding carboxylic acids is 1. The fourth-order valence-corrected chi connectivity index (χ4v) is 2.64. The molecule has 0 saturated carbocycles. The molecule has 0 aromatic heterocycles. The second-order valence-electron chi connectivity index (χ2n) is 4.04. The van der Waals surface area contributed by atoms with Gasteiger partial charge in [0.2, 0.25) is 15.9 Å². The van der Waals surface area contributed by atoms with Crippen LogP contribution in [0.1, 0.15) is 18.9 Å². The van der Waals surface area contributed by atoms with Crippen molar-refractivity contribution in [2.75, 3.05) is 19.3 Å². The molecule has 0 bridgehead atoms. The third kappa shape index (κ3) is 4.22. The van der Waals surface area contributed by atoms with Gasteiger partial charge in [0.05, 0.1) is 4.90 Å². The molecule has 0 spiro atoms. The highest BCUT2D eigenvalue weighted by atomic mass is 32.2. The number of sulfonamides is 1. The molecule has 0 unspecified atom stereocenters. The second-order valence-corrected chi connectivity index (χ2v) is 5.80. The van der Waals surface area contributed by atoms with Crippen molar-refractivity contribution in [1.82, 2.24) is 10.0 Å². The number of hydrogen-bond donors (Lipinski definition) is 3. The van der Waals surface area contributed by atoms with Gasteiger partial charge in [-0.3, -0.25) is 4.79 Å². The standard InChI is InChI=1S/C12H19N3O3S/c1-3-9-4-5-10(8-11(9)13)19(17,18)15-7-6-12(16)14-2/h4-5,8,15H,3,6-7,13H2,1-2H3,(H,14,16). The molecule has 0 aliphatic heterocycles. The molecular formula is C12H19N3O3S. The number of aryl methyl sites for hydroxylation is 1. The summed E-state index contributed by atoms with van der Waals surface area (Å²) in [6.45, 7) is 2.00. The summed E-state index contributed by atoms with van der Waals surface area (Å²) < 4.78 is 26.3. The van der Waals surface area contributed by atoms with Crippen molar-refractivity contribution in [3.63, 3.8) is 0 Å². The van der Waals surface area contributed by atoms with Gasteiger partial charge < -0.3 is 11.1 Å². The fraction of sp³-hybridized carbons (Fsp3) is 0.417. The highest BCUT2D eigenvalue weighted by molar-refractivity contribution is 7.89. The van der Waals surface area contributed by atoms with Crippen LogP contribution in [0.25, 0.3) is 0 Å². The minimum atomic E-state index is -3.62. The maximum Gasteiger partial charge on any atom is 0.240 e. The molecule has 0 aliphatic rings. The molecule has 0 atom stereocenters. The van der Waals surface area contributed by atoms with Gasteiger partial charge in [-0.1, -0.05) is 13.0 Å². The summed E-state index contributed by atoms with van der Waals surface area (Å²) in [6, 6.07) is 4.64. The number of nitrogen functional groups attached to an aromatic ring is 1. The van der Waals surface area contributed by atoms with Gasteiger partial charge in [-0.25, -0.2) is 13.1 Å². The van der Waals surface area contributed by atoms with Crippen molar-refractivity contribution in [3.8, 4) is 0 Å². The van der Waals surface area contributed by atoms with E-state index >= 15 is 0 Å². The highest BCUT2D eigenvalue weighted by Gasteiger charge is 2.15. The molecule has 106 valence electrons. The van der Waals surface area contributed by atoms with E-state index in [4.69, 9.17) is 5.73 Å². The molecule has 6 nitrogen and oxygen atoms in total. The maximum atomic E-state index is 12.0. The Bertz CT molecular complexity index is 555. The monoisotopic (exact) mass is 285 g/mol. The summed E-state index contributed by atoms with van der Waals surface area (Å²) in [5.74, 6) is -0.219. The van der Waals surface area contributed by atoms with Crippen molar-refractivity contribution in [2.45, 2.75) is 24.7 Å². The van der Waals surface area contributed by atoms with Crippen LogP contribution in [0.5, 0.6) is 0 Å². The minimum absolute atomic E-state index is 0.0530. The van der Waals surface area contributed by atoms with Crippen LogP contribution in [0, 0.1) is 0 Å². The molecule has 1 rings (SSSR count). The molecular weight excluding hydrogens is 266 g/mol. The average molecular weight is 285 g/mol. The van der Waals surface area contributed by atoms with Crippen molar-refractivity contribution >= 4 is 21.6 Å². The van der Waals surface area contributed by atoms with Gasteiger partial charge >= 0.3 is 0 Å². The summed E-state index contributed by atoms with van der Waals surface area (Å²) >= 11 is 0. The number of hydrogen-bond acceptors (Lipinski definition) is 4. The third-order valence-electron chi connectivity index (χ3n) is 2.73. The largest absolute Gasteiger partial charge is 0.398 e. The SMILES string of the molecule is CCc1ccc(S(=O)(=O)NCCC(=O)NC)cc1N. The predicted molar refractivity (Wildman–Crippen MR) is 74.1 cm³/mol. The van der Waals surface area contributed by atoms with Gasteiger partial charge in [0, 0.05) is 25.7 Å². The van der Waals surface area contributed by atoms with Gasteiger partial charge in [-0.15, -0.1) is 0 Å². The van der Waals surface area contributed by atoms with Gasteiger partial charge in [0.1, 0.15) is 0 Å². The lowest BCUT2D eigenvalue weighted by atomic mass is 10.1. The number of benzene rings is 1. The number of anilines is 1. The zero-order chi connectivity index (χ0) is 14.5. The van der Waals surface area contributed by atoms with Crippen molar-refractivity contribution in [1.29, 1.82) is 0 Å². The number of nitrogens with two attached hydrogens (primary N) is 1. The van der Waals surface area contributed by atoms with Gasteiger partial charge in [0.15, 0.2) is 0 Å². The van der Waals surface area contributed by atoms with E-state index in [0.717, 1.165) is 12.0 Å². The van der Waals surface area contributed by atoms with E-state index in [1.165, 1.54) is 19.2 Å². The lowest BCUT2D eigenvalue weighted by molar-refractivity contribution is -0.120. The van der Waals surface area contributed by atoms with Crippen molar-refractivity contribution < 1.29 is 13.2 Å². The van der Waals surface area contributed by atoms with Crippen LogP contribution in [-0.2, 0) is 21.2 Å². The topological polar surface area (TPSA) is 101 Å². The minimum Gasteiger partial charge on any atom is -0.398 e. The lowest BCUT2D eigenvalue weighted by Gasteiger charge is -2.09.